The van der Waals surface area contributed by atoms with E-state index in [0.717, 1.165) is 102 Å². The van der Waals surface area contributed by atoms with Gasteiger partial charge in [0.2, 0.25) is 0 Å². The van der Waals surface area contributed by atoms with Crippen molar-refractivity contribution in [3.63, 3.8) is 0 Å². The Morgan fingerprint density at radius 3 is 0.636 bits per heavy atom. The first-order valence-corrected chi connectivity index (χ1v) is 48.5. The van der Waals surface area contributed by atoms with Gasteiger partial charge in [-0.3, -0.25) is 37.3 Å². The SMILES string of the molecule is CCCCCCCCCCCCCCCCCCCCC(=O)OC[C@H](COP(=O)(O)OC[C@@H](O)COP(=O)(O)OC[C@@H](COC(=O)CCCCCCCCCCCC(C)C)OC(=O)CCCCCCCCCCCCCCCCCC)OC(=O)CCCCCCCCCCCCCCCCCCCCC(C)C. The topological polar surface area (TPSA) is 237 Å². The Balaban J connectivity index is 5.25. The molecule has 19 heteroatoms. The molecule has 107 heavy (non-hydrogen) atoms. The van der Waals surface area contributed by atoms with Crippen LogP contribution in [0.25, 0.3) is 0 Å². The Morgan fingerprint density at radius 1 is 0.252 bits per heavy atom. The second-order valence-electron chi connectivity index (χ2n) is 32.6. The van der Waals surface area contributed by atoms with Gasteiger partial charge in [0.25, 0.3) is 0 Å². The first-order chi connectivity index (χ1) is 51.9. The zero-order valence-electron chi connectivity index (χ0n) is 70.5. The third-order valence-electron chi connectivity index (χ3n) is 20.7. The highest BCUT2D eigenvalue weighted by atomic mass is 31.2. The van der Waals surface area contributed by atoms with E-state index in [1.54, 1.807) is 0 Å². The van der Waals surface area contributed by atoms with Crippen LogP contribution >= 0.6 is 15.6 Å². The molecule has 3 N–H and O–H groups in total. The Morgan fingerprint density at radius 2 is 0.430 bits per heavy atom. The molecule has 0 spiro atoms. The first-order valence-electron chi connectivity index (χ1n) is 45.5. The van der Waals surface area contributed by atoms with Crippen LogP contribution in [-0.4, -0.2) is 96.7 Å². The lowest BCUT2D eigenvalue weighted by Crippen LogP contribution is -2.30. The average molecular weight is 1560 g/mol. The Kier molecular flexibility index (Phi) is 77.9. The molecule has 0 aliphatic heterocycles. The fraction of sp³-hybridized carbons (Fsp3) is 0.955. The standard InChI is InChI=1S/C88H172O17P2/c1-7-9-11-13-15-17-19-21-23-25-29-33-36-40-46-52-58-64-70-85(90)98-76-83(104-87(92)73-67-61-55-48-42-38-34-30-27-26-28-31-35-39-44-50-56-62-68-80(3)4)78-102-106(94,95)100-74-82(89)75-101-107(96,97)103-79-84(77-99-86(91)71-65-59-53-49-43-45-51-57-63-69-81(5)6)105-88(93)72-66-60-54-47-41-37-32-24-22-20-18-16-14-12-10-8-2/h80-84,89H,7-79H2,1-6H3,(H,94,95)(H,96,97)/t82-,83-,84-/m1/s1. The number of phosphoric ester groups is 2. The van der Waals surface area contributed by atoms with Gasteiger partial charge in [-0.25, -0.2) is 9.13 Å². The maximum atomic E-state index is 13.2. The fourth-order valence-electron chi connectivity index (χ4n) is 13.8. The highest BCUT2D eigenvalue weighted by Crippen LogP contribution is 2.45. The highest BCUT2D eigenvalue weighted by molar-refractivity contribution is 7.47. The van der Waals surface area contributed by atoms with Gasteiger partial charge in [-0.2, -0.15) is 0 Å². The van der Waals surface area contributed by atoms with E-state index in [1.165, 1.54) is 289 Å². The number of ether oxygens (including phenoxy) is 4. The van der Waals surface area contributed by atoms with Crippen molar-refractivity contribution in [1.29, 1.82) is 0 Å². The molecule has 0 rings (SSSR count). The predicted octanol–water partition coefficient (Wildman–Crippen LogP) is 27.0. The number of hydrogen-bond acceptors (Lipinski definition) is 15. The number of unbranched alkanes of at least 4 members (excludes halogenated alkanes) is 57. The van der Waals surface area contributed by atoms with Crippen LogP contribution in [0.2, 0.25) is 0 Å². The quantitative estimate of drug-likeness (QED) is 0.0222. The summed E-state index contributed by atoms with van der Waals surface area (Å²) in [5.41, 5.74) is 0. The third-order valence-corrected chi connectivity index (χ3v) is 22.6. The van der Waals surface area contributed by atoms with Crippen LogP contribution < -0.4 is 0 Å². The van der Waals surface area contributed by atoms with Gasteiger partial charge in [0.05, 0.1) is 26.4 Å². The number of phosphoric acid groups is 2. The van der Waals surface area contributed by atoms with Crippen molar-refractivity contribution >= 4 is 39.5 Å². The molecule has 0 fully saturated rings. The van der Waals surface area contributed by atoms with Gasteiger partial charge in [-0.1, -0.05) is 420 Å². The van der Waals surface area contributed by atoms with E-state index in [0.29, 0.717) is 25.7 Å². The van der Waals surface area contributed by atoms with Crippen molar-refractivity contribution in [2.75, 3.05) is 39.6 Å². The van der Waals surface area contributed by atoms with Gasteiger partial charge in [0.1, 0.15) is 19.3 Å². The fourth-order valence-corrected chi connectivity index (χ4v) is 15.4. The summed E-state index contributed by atoms with van der Waals surface area (Å²) >= 11 is 0. The van der Waals surface area contributed by atoms with Gasteiger partial charge < -0.3 is 33.8 Å². The summed E-state index contributed by atoms with van der Waals surface area (Å²) in [7, 11) is -9.93. The molecular formula is C88H172O17P2. The smallest absolute Gasteiger partial charge is 0.462 e. The van der Waals surface area contributed by atoms with Crippen molar-refractivity contribution in [3.05, 3.63) is 0 Å². The summed E-state index contributed by atoms with van der Waals surface area (Å²) in [5.74, 6) is -0.534. The second kappa shape index (κ2) is 79.3. The van der Waals surface area contributed by atoms with E-state index in [4.69, 9.17) is 37.0 Å². The monoisotopic (exact) mass is 1560 g/mol. The summed E-state index contributed by atoms with van der Waals surface area (Å²) < 4.78 is 69.0. The number of aliphatic hydroxyl groups is 1. The molecule has 0 radical (unpaired) electrons. The summed E-state index contributed by atoms with van der Waals surface area (Å²) in [4.78, 5) is 73.3. The van der Waals surface area contributed by atoms with Crippen molar-refractivity contribution in [3.8, 4) is 0 Å². The average Bonchev–Trinajstić information content (AvgIpc) is 0.903. The zero-order valence-corrected chi connectivity index (χ0v) is 72.2. The van der Waals surface area contributed by atoms with Crippen LogP contribution in [-0.2, 0) is 65.4 Å². The van der Waals surface area contributed by atoms with E-state index in [1.807, 2.05) is 0 Å². The number of aliphatic hydroxyl groups excluding tert-OH is 1. The van der Waals surface area contributed by atoms with E-state index in [2.05, 4.69) is 41.5 Å². The Hall–Kier alpha value is -1.94. The van der Waals surface area contributed by atoms with Crippen LogP contribution in [0, 0.1) is 11.8 Å². The van der Waals surface area contributed by atoms with E-state index in [9.17, 15) is 43.2 Å². The maximum Gasteiger partial charge on any atom is 0.472 e. The lowest BCUT2D eigenvalue weighted by Gasteiger charge is -2.21. The van der Waals surface area contributed by atoms with E-state index >= 15 is 0 Å². The van der Waals surface area contributed by atoms with Gasteiger partial charge >= 0.3 is 39.5 Å². The molecule has 0 aromatic carbocycles. The normalized spacial score (nSPS) is 13.8. The number of hydrogen-bond donors (Lipinski definition) is 3. The van der Waals surface area contributed by atoms with E-state index < -0.39 is 97.5 Å². The van der Waals surface area contributed by atoms with Crippen LogP contribution in [0.5, 0.6) is 0 Å². The van der Waals surface area contributed by atoms with E-state index in [-0.39, 0.29) is 25.7 Å². The molecule has 0 amide bonds. The van der Waals surface area contributed by atoms with Crippen molar-refractivity contribution < 1.29 is 80.2 Å². The Bertz CT molecular complexity index is 2050. The summed E-state index contributed by atoms with van der Waals surface area (Å²) in [5, 5.41) is 10.7. The minimum absolute atomic E-state index is 0.108. The number of carbonyl (C=O) groups is 4. The lowest BCUT2D eigenvalue weighted by molar-refractivity contribution is -0.161. The molecule has 636 valence electrons. The summed E-state index contributed by atoms with van der Waals surface area (Å²) in [6.07, 6.45) is 72.2. The van der Waals surface area contributed by atoms with Gasteiger partial charge in [-0.15, -0.1) is 0 Å². The highest BCUT2D eigenvalue weighted by Gasteiger charge is 2.30. The Labute approximate surface area is 658 Å². The maximum absolute atomic E-state index is 13.2. The molecule has 0 bridgehead atoms. The van der Waals surface area contributed by atoms with Gasteiger partial charge in [-0.05, 0) is 37.5 Å². The number of rotatable bonds is 87. The number of esters is 4. The molecular weight excluding hydrogens is 1390 g/mol. The largest absolute Gasteiger partial charge is 0.472 e. The minimum Gasteiger partial charge on any atom is -0.462 e. The van der Waals surface area contributed by atoms with Crippen LogP contribution in [0.15, 0.2) is 0 Å². The lowest BCUT2D eigenvalue weighted by atomic mass is 10.0. The molecule has 2 unspecified atom stereocenters. The van der Waals surface area contributed by atoms with Crippen molar-refractivity contribution in [2.45, 2.75) is 490 Å². The molecule has 17 nitrogen and oxygen atoms in total. The molecule has 0 aromatic heterocycles. The van der Waals surface area contributed by atoms with Gasteiger partial charge in [0.15, 0.2) is 12.2 Å². The first kappa shape index (κ1) is 105. The minimum atomic E-state index is -4.97. The third kappa shape index (κ3) is 81.9. The predicted molar refractivity (Wildman–Crippen MR) is 442 cm³/mol. The molecule has 0 aromatic rings. The molecule has 0 saturated heterocycles. The zero-order chi connectivity index (χ0) is 78.5. The number of carbonyl (C=O) groups excluding carboxylic acids is 4. The summed E-state index contributed by atoms with van der Waals surface area (Å²) in [6.45, 7) is 9.71. The molecule has 0 aliphatic carbocycles. The molecule has 0 heterocycles. The van der Waals surface area contributed by atoms with Crippen LogP contribution in [0.1, 0.15) is 472 Å². The van der Waals surface area contributed by atoms with Crippen LogP contribution in [0.4, 0.5) is 0 Å². The summed E-state index contributed by atoms with van der Waals surface area (Å²) in [6, 6.07) is 0. The second-order valence-corrected chi connectivity index (χ2v) is 35.5. The molecule has 0 aliphatic rings. The van der Waals surface area contributed by atoms with Crippen molar-refractivity contribution in [1.82, 2.24) is 0 Å². The molecule has 5 atom stereocenters. The van der Waals surface area contributed by atoms with Crippen LogP contribution in [0.3, 0.4) is 0 Å². The molecule has 0 saturated carbocycles. The van der Waals surface area contributed by atoms with Gasteiger partial charge in [0, 0.05) is 25.7 Å². The van der Waals surface area contributed by atoms with Crippen molar-refractivity contribution in [2.24, 2.45) is 11.8 Å².